The highest BCUT2D eigenvalue weighted by Crippen LogP contribution is 2.27. The second-order valence-corrected chi connectivity index (χ2v) is 9.44. The number of hydrogen-bond acceptors (Lipinski definition) is 6. The normalized spacial score (nSPS) is 10.5. The summed E-state index contributed by atoms with van der Waals surface area (Å²) in [6, 6.07) is 21.7. The van der Waals surface area contributed by atoms with Gasteiger partial charge in [-0.3, -0.25) is 9.59 Å². The highest BCUT2D eigenvalue weighted by atomic mass is 35.5. The Labute approximate surface area is 210 Å². The molecule has 0 aliphatic heterocycles. The first-order valence-electron chi connectivity index (χ1n) is 10.2. The molecule has 0 saturated heterocycles. The lowest BCUT2D eigenvalue weighted by Gasteiger charge is -2.08. The lowest BCUT2D eigenvalue weighted by molar-refractivity contribution is -0.113. The van der Waals surface area contributed by atoms with Gasteiger partial charge in [-0.25, -0.2) is 4.98 Å². The predicted molar refractivity (Wildman–Crippen MR) is 139 cm³/mol. The number of benzene rings is 3. The van der Waals surface area contributed by atoms with Crippen LogP contribution in [-0.4, -0.2) is 29.7 Å². The number of nitrogens with one attached hydrogen (secondary N) is 2. The van der Waals surface area contributed by atoms with Crippen LogP contribution >= 0.6 is 34.7 Å². The Morgan fingerprint density at radius 3 is 2.59 bits per heavy atom. The van der Waals surface area contributed by atoms with Crippen LogP contribution in [0.1, 0.15) is 10.4 Å². The number of thiazole rings is 1. The summed E-state index contributed by atoms with van der Waals surface area (Å²) < 4.78 is 5.17. The molecule has 0 radical (unpaired) electrons. The molecular formula is C25H20ClN3O3S2. The molecule has 34 heavy (non-hydrogen) atoms. The zero-order chi connectivity index (χ0) is 23.9. The molecule has 2 N–H and O–H groups in total. The maximum Gasteiger partial charge on any atom is 0.255 e. The van der Waals surface area contributed by atoms with Gasteiger partial charge in [0.2, 0.25) is 5.91 Å². The van der Waals surface area contributed by atoms with E-state index in [1.54, 1.807) is 37.4 Å². The first-order chi connectivity index (χ1) is 16.5. The second-order valence-electron chi connectivity index (χ2n) is 7.10. The molecule has 0 aliphatic carbocycles. The zero-order valence-electron chi connectivity index (χ0n) is 18.1. The topological polar surface area (TPSA) is 80.3 Å². The van der Waals surface area contributed by atoms with E-state index in [9.17, 15) is 9.59 Å². The molecule has 0 unspecified atom stereocenters. The van der Waals surface area contributed by atoms with E-state index in [2.05, 4.69) is 15.6 Å². The average molecular weight is 510 g/mol. The van der Waals surface area contributed by atoms with Gasteiger partial charge in [0.15, 0.2) is 5.13 Å². The molecule has 0 atom stereocenters. The van der Waals surface area contributed by atoms with E-state index in [0.29, 0.717) is 21.4 Å². The fourth-order valence-electron chi connectivity index (χ4n) is 3.03. The van der Waals surface area contributed by atoms with Crippen molar-refractivity contribution in [1.82, 2.24) is 4.98 Å². The van der Waals surface area contributed by atoms with Crippen molar-refractivity contribution < 1.29 is 14.3 Å². The van der Waals surface area contributed by atoms with Crippen molar-refractivity contribution >= 4 is 57.3 Å². The number of aromatic nitrogens is 1. The summed E-state index contributed by atoms with van der Waals surface area (Å²) >= 11 is 8.71. The van der Waals surface area contributed by atoms with E-state index >= 15 is 0 Å². The Bertz CT molecular complexity index is 1310. The number of anilines is 2. The number of amides is 2. The van der Waals surface area contributed by atoms with Crippen LogP contribution in [0.5, 0.6) is 5.75 Å². The van der Waals surface area contributed by atoms with Crippen molar-refractivity contribution in [3.8, 4) is 17.0 Å². The summed E-state index contributed by atoms with van der Waals surface area (Å²) in [5.74, 6) is 0.578. The fourth-order valence-corrected chi connectivity index (χ4v) is 4.71. The minimum absolute atomic E-state index is 0.158. The molecule has 1 aromatic heterocycles. The number of nitrogens with zero attached hydrogens (tertiary/aromatic N) is 1. The van der Waals surface area contributed by atoms with Crippen molar-refractivity contribution in [1.29, 1.82) is 0 Å². The Kier molecular flexibility index (Phi) is 7.84. The number of hydrogen-bond donors (Lipinski definition) is 2. The number of rotatable bonds is 8. The zero-order valence-corrected chi connectivity index (χ0v) is 20.5. The van der Waals surface area contributed by atoms with Crippen LogP contribution < -0.4 is 15.4 Å². The lowest BCUT2D eigenvalue weighted by Crippen LogP contribution is -2.14. The smallest absolute Gasteiger partial charge is 0.255 e. The van der Waals surface area contributed by atoms with Gasteiger partial charge in [0.1, 0.15) is 5.75 Å². The van der Waals surface area contributed by atoms with Gasteiger partial charge in [0.05, 0.1) is 18.6 Å². The van der Waals surface area contributed by atoms with Gasteiger partial charge in [-0.2, -0.15) is 0 Å². The fraction of sp³-hybridized carbons (Fsp3) is 0.0800. The van der Waals surface area contributed by atoms with Crippen LogP contribution in [0.3, 0.4) is 0 Å². The molecule has 3 aromatic carbocycles. The van der Waals surface area contributed by atoms with E-state index in [4.69, 9.17) is 16.3 Å². The molecule has 0 bridgehead atoms. The van der Waals surface area contributed by atoms with Crippen LogP contribution in [0.2, 0.25) is 5.02 Å². The maximum atomic E-state index is 12.4. The molecule has 172 valence electrons. The number of halogens is 1. The molecular weight excluding hydrogens is 490 g/mol. The summed E-state index contributed by atoms with van der Waals surface area (Å²) in [4.78, 5) is 30.2. The van der Waals surface area contributed by atoms with E-state index in [-0.39, 0.29) is 17.6 Å². The first-order valence-corrected chi connectivity index (χ1v) is 12.4. The number of ether oxygens (including phenoxy) is 1. The van der Waals surface area contributed by atoms with Crippen molar-refractivity contribution in [2.24, 2.45) is 0 Å². The van der Waals surface area contributed by atoms with E-state index in [1.165, 1.54) is 23.1 Å². The number of methoxy groups -OCH3 is 1. The van der Waals surface area contributed by atoms with Crippen LogP contribution in [0.4, 0.5) is 10.8 Å². The SMILES string of the molecule is COc1ccc(-c2csc(NC(=O)CSc3cccc(NC(=O)c4cccc(Cl)c4)c3)n2)cc1. The lowest BCUT2D eigenvalue weighted by atomic mass is 10.2. The van der Waals surface area contributed by atoms with E-state index in [0.717, 1.165) is 21.9 Å². The number of carbonyl (C=O) groups is 2. The highest BCUT2D eigenvalue weighted by Gasteiger charge is 2.10. The average Bonchev–Trinajstić information content (AvgIpc) is 3.31. The third-order valence-corrected chi connectivity index (χ3v) is 6.67. The largest absolute Gasteiger partial charge is 0.497 e. The van der Waals surface area contributed by atoms with Gasteiger partial charge in [-0.1, -0.05) is 23.7 Å². The standard InChI is InChI=1S/C25H20ClN3O3S2/c1-32-20-10-8-16(9-11-20)22-14-34-25(28-22)29-23(30)15-33-21-7-3-6-19(13-21)27-24(31)17-4-2-5-18(26)12-17/h2-14H,15H2,1H3,(H,27,31)(H,28,29,30). The first kappa shape index (κ1) is 23.8. The van der Waals surface area contributed by atoms with Gasteiger partial charge in [0.25, 0.3) is 5.91 Å². The third-order valence-electron chi connectivity index (χ3n) is 4.68. The molecule has 2 amide bonds. The highest BCUT2D eigenvalue weighted by molar-refractivity contribution is 8.00. The minimum Gasteiger partial charge on any atom is -0.497 e. The Morgan fingerprint density at radius 1 is 1.03 bits per heavy atom. The molecule has 0 saturated carbocycles. The summed E-state index contributed by atoms with van der Waals surface area (Å²) in [5, 5.41) is 8.63. The molecule has 9 heteroatoms. The monoisotopic (exact) mass is 509 g/mol. The summed E-state index contributed by atoms with van der Waals surface area (Å²) in [5.41, 5.74) is 2.85. The molecule has 4 aromatic rings. The van der Waals surface area contributed by atoms with Crippen LogP contribution in [0.25, 0.3) is 11.3 Å². The van der Waals surface area contributed by atoms with Gasteiger partial charge < -0.3 is 15.4 Å². The molecule has 1 heterocycles. The molecule has 0 fully saturated rings. The molecule has 4 rings (SSSR count). The predicted octanol–water partition coefficient (Wildman–Crippen LogP) is 6.46. The summed E-state index contributed by atoms with van der Waals surface area (Å²) in [7, 11) is 1.62. The quantitative estimate of drug-likeness (QED) is 0.266. The van der Waals surface area contributed by atoms with Crippen LogP contribution in [-0.2, 0) is 4.79 Å². The summed E-state index contributed by atoms with van der Waals surface area (Å²) in [6.45, 7) is 0. The Hall–Kier alpha value is -3.33. The van der Waals surface area contributed by atoms with E-state index < -0.39 is 0 Å². The van der Waals surface area contributed by atoms with Gasteiger partial charge in [0, 0.05) is 32.1 Å². The van der Waals surface area contributed by atoms with Gasteiger partial charge in [-0.15, -0.1) is 23.1 Å². The molecule has 0 spiro atoms. The van der Waals surface area contributed by atoms with Crippen LogP contribution in [0.15, 0.2) is 83.1 Å². The van der Waals surface area contributed by atoms with Gasteiger partial charge >= 0.3 is 0 Å². The van der Waals surface area contributed by atoms with Crippen LogP contribution in [0, 0.1) is 0 Å². The molecule has 0 aliphatic rings. The Morgan fingerprint density at radius 2 is 1.82 bits per heavy atom. The number of carbonyl (C=O) groups excluding carboxylic acids is 2. The third kappa shape index (κ3) is 6.38. The van der Waals surface area contributed by atoms with Crippen molar-refractivity contribution in [3.63, 3.8) is 0 Å². The van der Waals surface area contributed by atoms with E-state index in [1.807, 2.05) is 47.8 Å². The number of thioether (sulfide) groups is 1. The maximum absolute atomic E-state index is 12.4. The van der Waals surface area contributed by atoms with Crippen molar-refractivity contribution in [2.75, 3.05) is 23.5 Å². The Balaban J connectivity index is 1.31. The van der Waals surface area contributed by atoms with Crippen molar-refractivity contribution in [2.45, 2.75) is 4.90 Å². The van der Waals surface area contributed by atoms with Gasteiger partial charge in [-0.05, 0) is 60.7 Å². The molecule has 6 nitrogen and oxygen atoms in total. The second kappa shape index (κ2) is 11.2. The summed E-state index contributed by atoms with van der Waals surface area (Å²) in [6.07, 6.45) is 0. The minimum atomic E-state index is -0.251. The van der Waals surface area contributed by atoms with Crippen molar-refractivity contribution in [3.05, 3.63) is 88.8 Å².